The molecule has 0 bridgehead atoms. The minimum atomic E-state index is -0.178. The Morgan fingerprint density at radius 2 is 1.98 bits per heavy atom. The molecule has 0 saturated heterocycles. The molecule has 0 amide bonds. The average molecular weight is 696 g/mol. The van der Waals surface area contributed by atoms with Crippen LogP contribution in [-0.2, 0) is 12.0 Å². The van der Waals surface area contributed by atoms with Gasteiger partial charge in [-0.1, -0.05) is 53.7 Å². The number of fused-ring (bicyclic) bond motifs is 6. The van der Waals surface area contributed by atoms with E-state index in [0.29, 0.717) is 24.8 Å². The van der Waals surface area contributed by atoms with E-state index in [1.54, 1.807) is 11.8 Å². The van der Waals surface area contributed by atoms with Crippen molar-refractivity contribution in [1.82, 2.24) is 24.5 Å². The largest absolute Gasteiger partial charge is 0.472 e. The van der Waals surface area contributed by atoms with Crippen molar-refractivity contribution in [2.75, 3.05) is 6.26 Å². The molecule has 40 heavy (non-hydrogen) atoms. The Balaban J connectivity index is 1.36. The predicted octanol–water partition coefficient (Wildman–Crippen LogP) is 8.57. The molecular formula is C30H24ClIN5OPS. The predicted molar refractivity (Wildman–Crippen MR) is 171 cm³/mol. The van der Waals surface area contributed by atoms with Gasteiger partial charge in [-0.3, -0.25) is 4.98 Å². The highest BCUT2D eigenvalue weighted by atomic mass is 127. The highest BCUT2D eigenvalue weighted by Crippen LogP contribution is 2.66. The van der Waals surface area contributed by atoms with E-state index in [-0.39, 0.29) is 5.41 Å². The molecule has 2 saturated carbocycles. The second kappa shape index (κ2) is 9.65. The topological polar surface area (TPSA) is 65.7 Å². The van der Waals surface area contributed by atoms with Crippen molar-refractivity contribution in [2.45, 2.75) is 48.8 Å². The summed E-state index contributed by atoms with van der Waals surface area (Å²) in [6.07, 6.45) is 10.8. The summed E-state index contributed by atoms with van der Waals surface area (Å²) >= 11 is 11.0. The van der Waals surface area contributed by atoms with Gasteiger partial charge in [0, 0.05) is 27.6 Å². The van der Waals surface area contributed by atoms with Gasteiger partial charge in [0.05, 0.1) is 35.0 Å². The number of aromatic nitrogens is 5. The van der Waals surface area contributed by atoms with E-state index in [9.17, 15) is 0 Å². The van der Waals surface area contributed by atoms with Crippen LogP contribution in [0.15, 0.2) is 60.0 Å². The Kier molecular flexibility index (Phi) is 6.14. The normalized spacial score (nSPS) is 16.7. The van der Waals surface area contributed by atoms with Gasteiger partial charge in [0.15, 0.2) is 5.16 Å². The van der Waals surface area contributed by atoms with Crippen LogP contribution in [-0.4, -0.2) is 30.8 Å². The van der Waals surface area contributed by atoms with E-state index < -0.39 is 0 Å². The van der Waals surface area contributed by atoms with Crippen molar-refractivity contribution < 1.29 is 4.74 Å². The fourth-order valence-electron chi connectivity index (χ4n) is 6.25. The first-order valence-electron chi connectivity index (χ1n) is 13.3. The van der Waals surface area contributed by atoms with Crippen molar-refractivity contribution in [2.24, 2.45) is 0 Å². The van der Waals surface area contributed by atoms with Gasteiger partial charge >= 0.3 is 0 Å². The lowest BCUT2D eigenvalue weighted by molar-refractivity contribution is 0.291. The second-order valence-electron chi connectivity index (χ2n) is 10.7. The maximum absolute atomic E-state index is 7.06. The number of thioether (sulfide) groups is 1. The molecule has 200 valence electrons. The van der Waals surface area contributed by atoms with Gasteiger partial charge < -0.3 is 4.74 Å². The van der Waals surface area contributed by atoms with Crippen LogP contribution >= 0.6 is 51.8 Å². The Morgan fingerprint density at radius 1 is 1.15 bits per heavy atom. The lowest BCUT2D eigenvalue weighted by Gasteiger charge is -2.19. The van der Waals surface area contributed by atoms with E-state index in [0.717, 1.165) is 80.4 Å². The summed E-state index contributed by atoms with van der Waals surface area (Å²) in [5.41, 5.74) is 9.84. The molecule has 1 spiro atoms. The third-order valence-corrected chi connectivity index (χ3v) is 11.1. The van der Waals surface area contributed by atoms with Crippen LogP contribution in [0.4, 0.5) is 0 Å². The quantitative estimate of drug-likeness (QED) is 0.0736. The molecule has 3 aliphatic carbocycles. The van der Waals surface area contributed by atoms with Crippen LogP contribution in [0.1, 0.15) is 54.0 Å². The van der Waals surface area contributed by atoms with E-state index in [1.165, 1.54) is 11.1 Å². The molecular weight excluding hydrogens is 672 g/mol. The zero-order valence-corrected chi connectivity index (χ0v) is 26.3. The monoisotopic (exact) mass is 695 g/mol. The van der Waals surface area contributed by atoms with E-state index in [2.05, 4.69) is 46.3 Å². The van der Waals surface area contributed by atoms with Crippen LogP contribution in [0.2, 0.25) is 5.02 Å². The summed E-state index contributed by atoms with van der Waals surface area (Å²) in [6.45, 7) is 0.454. The number of halogens is 2. The zero-order chi connectivity index (χ0) is 27.0. The molecule has 10 heteroatoms. The Hall–Kier alpha value is -2.26. The summed E-state index contributed by atoms with van der Waals surface area (Å²) in [6, 6.07) is 14.5. The van der Waals surface area contributed by atoms with Crippen molar-refractivity contribution in [3.05, 3.63) is 82.3 Å². The molecule has 0 radical (unpaired) electrons. The third-order valence-electron chi connectivity index (χ3n) is 8.33. The number of rotatable bonds is 7. The first kappa shape index (κ1) is 25.5. The minimum Gasteiger partial charge on any atom is -0.472 e. The van der Waals surface area contributed by atoms with Crippen molar-refractivity contribution in [3.63, 3.8) is 0 Å². The Labute approximate surface area is 256 Å². The fourth-order valence-corrected chi connectivity index (χ4v) is 8.49. The van der Waals surface area contributed by atoms with Crippen LogP contribution in [0.25, 0.3) is 33.3 Å². The lowest BCUT2D eigenvalue weighted by atomic mass is 9.88. The van der Waals surface area contributed by atoms with Crippen molar-refractivity contribution in [1.29, 1.82) is 0 Å². The molecule has 3 heterocycles. The molecule has 2 fully saturated rings. The molecule has 1 atom stereocenters. The first-order valence-corrected chi connectivity index (χ1v) is 19.0. The summed E-state index contributed by atoms with van der Waals surface area (Å²) in [7, 11) is 0. The summed E-state index contributed by atoms with van der Waals surface area (Å²) in [4.78, 5) is 15.1. The average Bonchev–Trinajstić information content (AvgIpc) is 3.91. The molecule has 1 unspecified atom stereocenters. The van der Waals surface area contributed by atoms with Gasteiger partial charge in [-0.15, -0.1) is 0 Å². The van der Waals surface area contributed by atoms with Crippen molar-refractivity contribution in [3.8, 4) is 28.3 Å². The van der Waals surface area contributed by atoms with Gasteiger partial charge in [-0.25, -0.2) is 9.44 Å². The molecule has 0 N–H and O–H groups in total. The standard InChI is InChI=1S/C30H24ClIN5OPS/c1-40-29-35-27-24(28(36-29)38-15-16-5-3-2-4-6-16)18-9-12-33-26(25(18)30(27)10-11-30)23-19-14-34-37(39-32)21(19)13-20(31)22(23)17-7-8-17/h2-6,9,12-14,17,39H,7-8,10-11,15H2,1H3. The summed E-state index contributed by atoms with van der Waals surface area (Å²) < 4.78 is 8.50. The third kappa shape index (κ3) is 3.86. The van der Waals surface area contributed by atoms with Gasteiger partial charge in [-0.2, -0.15) is 10.1 Å². The molecule has 6 nitrogen and oxygen atoms in total. The second-order valence-corrected chi connectivity index (χ2v) is 13.9. The lowest BCUT2D eigenvalue weighted by Crippen LogP contribution is -2.11. The van der Waals surface area contributed by atoms with E-state index >= 15 is 0 Å². The van der Waals surface area contributed by atoms with Crippen LogP contribution in [0, 0.1) is 0 Å². The molecule has 8 rings (SSSR count). The number of nitrogens with zero attached hydrogens (tertiary/aromatic N) is 5. The smallest absolute Gasteiger partial charge is 0.226 e. The van der Waals surface area contributed by atoms with E-state index in [4.69, 9.17) is 36.4 Å². The molecule has 2 aromatic carbocycles. The summed E-state index contributed by atoms with van der Waals surface area (Å²) in [5, 5.41) is 7.41. The molecule has 3 aliphatic rings. The molecule has 3 aromatic heterocycles. The Morgan fingerprint density at radius 3 is 2.70 bits per heavy atom. The maximum Gasteiger partial charge on any atom is 0.226 e. The van der Waals surface area contributed by atoms with Crippen LogP contribution in [0.3, 0.4) is 0 Å². The number of hydrogen-bond donors (Lipinski definition) is 0. The maximum atomic E-state index is 7.06. The van der Waals surface area contributed by atoms with Gasteiger partial charge in [0.1, 0.15) is 6.61 Å². The van der Waals surface area contributed by atoms with Crippen LogP contribution < -0.4 is 4.74 Å². The van der Waals surface area contributed by atoms with Crippen LogP contribution in [0.5, 0.6) is 5.88 Å². The minimum absolute atomic E-state index is 0.178. The fraction of sp³-hybridized carbons (Fsp3) is 0.267. The number of ether oxygens (including phenoxy) is 1. The number of benzene rings is 2. The number of hydrogen-bond acceptors (Lipinski definition) is 6. The van der Waals surface area contributed by atoms with Crippen molar-refractivity contribution >= 4 is 62.7 Å². The molecule has 5 aromatic rings. The number of pyridine rings is 1. The first-order chi connectivity index (χ1) is 19.6. The highest BCUT2D eigenvalue weighted by Gasteiger charge is 2.57. The van der Waals surface area contributed by atoms with E-state index in [1.807, 2.05) is 41.3 Å². The zero-order valence-electron chi connectivity index (χ0n) is 21.6. The Bertz CT molecular complexity index is 1820. The SMILES string of the molecule is CSc1nc(OCc2ccccc2)c2c(n1)C1(CC1)c1c-2ccnc1-c1c(C2CC2)c(Cl)cc2c1cnn2PI. The highest BCUT2D eigenvalue weighted by molar-refractivity contribution is 14.2. The van der Waals surface area contributed by atoms with Gasteiger partial charge in [0.25, 0.3) is 0 Å². The molecule has 0 aliphatic heterocycles. The summed E-state index contributed by atoms with van der Waals surface area (Å²) in [5.74, 6) is 1.11. The van der Waals surface area contributed by atoms with Gasteiger partial charge in [-0.05, 0) is 94.3 Å². The van der Waals surface area contributed by atoms with Gasteiger partial charge in [0.2, 0.25) is 5.88 Å².